The highest BCUT2D eigenvalue weighted by atomic mass is 16.6. The first-order valence-corrected chi connectivity index (χ1v) is 4.64. The molecule has 1 atom stereocenters. The molecule has 1 saturated heterocycles. The van der Waals surface area contributed by atoms with Crippen molar-refractivity contribution in [2.24, 2.45) is 0 Å². The van der Waals surface area contributed by atoms with E-state index in [2.05, 4.69) is 5.32 Å². The van der Waals surface area contributed by atoms with E-state index in [1.54, 1.807) is 20.8 Å². The highest BCUT2D eigenvalue weighted by Crippen LogP contribution is 2.08. The van der Waals surface area contributed by atoms with Crippen LogP contribution < -0.4 is 10.6 Å². The number of hydrogen-bond donors (Lipinski definition) is 2. The number of piperidine rings is 1. The first-order valence-electron chi connectivity index (χ1n) is 7.09. The second kappa shape index (κ2) is 4.64. The average Bonchev–Trinajstić information content (AvgIpc) is 2.18. The Morgan fingerprint density at radius 1 is 1.71 bits per heavy atom. The Kier molecular flexibility index (Phi) is 1.97. The Hall–Kier alpha value is -0.770. The third-order valence-corrected chi connectivity index (χ3v) is 1.54. The van der Waals surface area contributed by atoms with E-state index in [0.29, 0.717) is 5.31 Å². The molecule has 0 radical (unpaired) electrons. The summed E-state index contributed by atoms with van der Waals surface area (Å²) in [6.07, 6.45) is -3.00. The highest BCUT2D eigenvalue weighted by molar-refractivity contribution is 5.68. The highest BCUT2D eigenvalue weighted by Gasteiger charge is 2.20. The molecule has 0 saturated carbocycles. The Morgan fingerprint density at radius 3 is 3.07 bits per heavy atom. The summed E-state index contributed by atoms with van der Waals surface area (Å²) in [4.78, 5) is 11.6. The molecule has 2 N–H and O–H groups in total. The number of carbonyl (C=O) groups excluding carboxylic acids is 1. The number of hydrogen-bond acceptors (Lipinski definition) is 3. The van der Waals surface area contributed by atoms with Crippen LogP contribution in [0.1, 0.15) is 39.0 Å². The van der Waals surface area contributed by atoms with Gasteiger partial charge in [0.2, 0.25) is 0 Å². The van der Waals surface area contributed by atoms with Gasteiger partial charge in [-0.05, 0) is 46.6 Å². The van der Waals surface area contributed by atoms with E-state index < -0.39 is 30.6 Å². The van der Waals surface area contributed by atoms with Gasteiger partial charge in [-0.15, -0.1) is 0 Å². The zero-order chi connectivity index (χ0) is 15.1. The van der Waals surface area contributed by atoms with Crippen LogP contribution in [-0.2, 0) is 4.74 Å². The number of rotatable bonds is 1. The van der Waals surface area contributed by atoms with Gasteiger partial charge in [-0.25, -0.2) is 4.79 Å². The number of nitrogens with one attached hydrogen (secondary N) is 2. The third-order valence-electron chi connectivity index (χ3n) is 1.54. The molecule has 1 aliphatic heterocycles. The molecular formula is C10H20N2O2. The van der Waals surface area contributed by atoms with Gasteiger partial charge in [0.05, 0.1) is 0 Å². The van der Waals surface area contributed by atoms with Crippen molar-refractivity contribution in [2.75, 3.05) is 13.0 Å². The van der Waals surface area contributed by atoms with Gasteiger partial charge in [0.15, 0.2) is 0 Å². The summed E-state index contributed by atoms with van der Waals surface area (Å²) in [6.45, 7) is 2.63. The van der Waals surface area contributed by atoms with Gasteiger partial charge >= 0.3 is 6.09 Å². The van der Waals surface area contributed by atoms with Crippen molar-refractivity contribution in [1.29, 1.82) is 0 Å². The monoisotopic (exact) mass is 205 g/mol. The van der Waals surface area contributed by atoms with Crippen LogP contribution in [-0.4, -0.2) is 30.8 Å². The molecule has 1 aliphatic rings. The normalized spacial score (nSPS) is 36.8. The van der Waals surface area contributed by atoms with Gasteiger partial charge in [-0.3, -0.25) is 0 Å². The SMILES string of the molecule is [2H]N1CCC(NC(=O)OC(C)(C)C)C([2H])([2H])C1([2H])[2H]. The third kappa shape index (κ3) is 4.46. The molecule has 0 bridgehead atoms. The van der Waals surface area contributed by atoms with Crippen LogP contribution in [0.25, 0.3) is 0 Å². The van der Waals surface area contributed by atoms with Crippen molar-refractivity contribution < 1.29 is 16.4 Å². The van der Waals surface area contributed by atoms with Crippen LogP contribution in [0, 0.1) is 0 Å². The van der Waals surface area contributed by atoms with E-state index in [9.17, 15) is 4.79 Å². The second-order valence-corrected chi connectivity index (χ2v) is 4.13. The summed E-state index contributed by atoms with van der Waals surface area (Å²) in [5.74, 6) is 0. The minimum absolute atomic E-state index is 0.0347. The molecule has 1 unspecified atom stereocenters. The molecule has 0 aromatic carbocycles. The van der Waals surface area contributed by atoms with E-state index in [-0.39, 0.29) is 13.0 Å². The largest absolute Gasteiger partial charge is 0.444 e. The molecule has 4 nitrogen and oxygen atoms in total. The van der Waals surface area contributed by atoms with Crippen molar-refractivity contribution in [1.82, 2.24) is 10.6 Å². The quantitative estimate of drug-likeness (QED) is 0.677. The number of amides is 1. The lowest BCUT2D eigenvalue weighted by molar-refractivity contribution is 0.0495. The zero-order valence-corrected chi connectivity index (χ0v) is 8.76. The average molecular weight is 205 g/mol. The molecular weight excluding hydrogens is 180 g/mol. The van der Waals surface area contributed by atoms with Crippen molar-refractivity contribution in [3.63, 3.8) is 0 Å². The van der Waals surface area contributed by atoms with E-state index in [0.717, 1.165) is 0 Å². The standard InChI is InChI=1S/C10H20N2O2/c1-10(2,3)14-9(13)12-8-4-6-11-7-5-8/h8,11H,4-7H2,1-3H3,(H,12,13)/i4D2,6D2/hD. The maximum absolute atomic E-state index is 11.6. The van der Waals surface area contributed by atoms with Crippen LogP contribution >= 0.6 is 0 Å². The number of alkyl carbamates (subject to hydrolysis) is 1. The molecule has 1 rings (SSSR count). The summed E-state index contributed by atoms with van der Waals surface area (Å²) in [7, 11) is 0. The van der Waals surface area contributed by atoms with E-state index >= 15 is 0 Å². The van der Waals surface area contributed by atoms with Crippen molar-refractivity contribution in [3.8, 4) is 0 Å². The van der Waals surface area contributed by atoms with Crippen molar-refractivity contribution >= 4 is 6.09 Å². The van der Waals surface area contributed by atoms with Gasteiger partial charge in [0, 0.05) is 11.5 Å². The molecule has 1 fully saturated rings. The molecule has 1 amide bonds. The lowest BCUT2D eigenvalue weighted by atomic mass is 10.1. The number of carbonyl (C=O) groups is 1. The van der Waals surface area contributed by atoms with Crippen LogP contribution in [0.3, 0.4) is 0 Å². The first kappa shape index (κ1) is 5.95. The van der Waals surface area contributed by atoms with Crippen LogP contribution in [0.5, 0.6) is 0 Å². The number of ether oxygens (including phenoxy) is 1. The van der Waals surface area contributed by atoms with E-state index in [1.807, 2.05) is 0 Å². The smallest absolute Gasteiger partial charge is 0.407 e. The molecule has 0 aromatic rings. The van der Waals surface area contributed by atoms with Gasteiger partial charge in [-0.2, -0.15) is 0 Å². The van der Waals surface area contributed by atoms with Crippen molar-refractivity contribution in [3.05, 3.63) is 0 Å². The van der Waals surface area contributed by atoms with E-state index in [4.69, 9.17) is 11.6 Å². The molecule has 1 heterocycles. The summed E-state index contributed by atoms with van der Waals surface area (Å²) in [5.41, 5.74) is -0.702. The fourth-order valence-electron chi connectivity index (χ4n) is 1.00. The summed E-state index contributed by atoms with van der Waals surface area (Å²) in [6, 6.07) is -1.03. The van der Waals surface area contributed by atoms with Gasteiger partial charge in [0.1, 0.15) is 7.01 Å². The lowest BCUT2D eigenvalue weighted by Gasteiger charge is -2.26. The fraction of sp³-hybridized carbons (Fsp3) is 0.900. The van der Waals surface area contributed by atoms with Gasteiger partial charge in [-0.1, -0.05) is 0 Å². The Morgan fingerprint density at radius 2 is 2.43 bits per heavy atom. The van der Waals surface area contributed by atoms with Crippen LogP contribution in [0.15, 0.2) is 0 Å². The molecule has 0 aliphatic carbocycles. The maximum Gasteiger partial charge on any atom is 0.407 e. The lowest BCUT2D eigenvalue weighted by Crippen LogP contribution is -2.44. The molecule has 4 heteroatoms. The Labute approximate surface area is 92.5 Å². The fourth-order valence-corrected chi connectivity index (χ4v) is 1.00. The minimum Gasteiger partial charge on any atom is -0.444 e. The molecule has 0 aromatic heterocycles. The Balaban J connectivity index is 2.77. The Bertz CT molecular complexity index is 356. The predicted molar refractivity (Wildman–Crippen MR) is 55.3 cm³/mol. The molecule has 82 valence electrons. The maximum atomic E-state index is 11.6. The predicted octanol–water partition coefficient (Wildman–Crippen LogP) is 1.26. The molecule has 14 heavy (non-hydrogen) atoms. The summed E-state index contributed by atoms with van der Waals surface area (Å²) in [5, 5.41) is 2.93. The topological polar surface area (TPSA) is 50.4 Å². The van der Waals surface area contributed by atoms with Crippen LogP contribution in [0.4, 0.5) is 4.79 Å². The molecule has 0 spiro atoms. The first-order chi connectivity index (χ1) is 8.38. The van der Waals surface area contributed by atoms with Crippen molar-refractivity contribution in [2.45, 2.75) is 45.2 Å². The van der Waals surface area contributed by atoms with Gasteiger partial charge in [0.25, 0.3) is 0 Å². The summed E-state index contributed by atoms with van der Waals surface area (Å²) >= 11 is 0. The van der Waals surface area contributed by atoms with E-state index in [1.165, 1.54) is 0 Å². The zero-order valence-electron chi connectivity index (χ0n) is 13.8. The summed E-state index contributed by atoms with van der Waals surface area (Å²) < 4.78 is 43.3. The minimum atomic E-state index is -2.47. The second-order valence-electron chi connectivity index (χ2n) is 4.13. The van der Waals surface area contributed by atoms with Crippen LogP contribution in [0.2, 0.25) is 1.41 Å². The van der Waals surface area contributed by atoms with Gasteiger partial charge < -0.3 is 15.4 Å².